The number of hydrogen-bond acceptors (Lipinski definition) is 6. The molecular weight excluding hydrogens is 480 g/mol. The summed E-state index contributed by atoms with van der Waals surface area (Å²) in [6, 6.07) is 8.76. The molecule has 0 bridgehead atoms. The van der Waals surface area contributed by atoms with Gasteiger partial charge in [0.25, 0.3) is 11.2 Å². The largest absolute Gasteiger partial charge is 0.493 e. The van der Waals surface area contributed by atoms with Crippen LogP contribution in [0.1, 0.15) is 18.1 Å². The third-order valence-electron chi connectivity index (χ3n) is 4.26. The molecule has 0 aliphatic heterocycles. The van der Waals surface area contributed by atoms with Crippen LogP contribution in [0.15, 0.2) is 55.5 Å². The van der Waals surface area contributed by atoms with Crippen LogP contribution >= 0.6 is 27.5 Å². The highest BCUT2D eigenvalue weighted by atomic mass is 79.9. The Labute approximate surface area is 182 Å². The van der Waals surface area contributed by atoms with Crippen LogP contribution in [-0.4, -0.2) is 25.8 Å². The molecule has 0 amide bonds. The average molecular weight is 494 g/mol. The molecule has 154 valence electrons. The third-order valence-corrected chi connectivity index (χ3v) is 5.07. The van der Waals surface area contributed by atoms with E-state index in [9.17, 15) is 24.8 Å². The number of nitrogens with zero attached hydrogens (tertiary/aromatic N) is 3. The fourth-order valence-electron chi connectivity index (χ4n) is 2.78. The number of aromatic amines is 1. The molecule has 30 heavy (non-hydrogen) atoms. The van der Waals surface area contributed by atoms with Crippen molar-refractivity contribution in [1.82, 2.24) is 9.55 Å². The lowest BCUT2D eigenvalue weighted by Gasteiger charge is -2.13. The van der Waals surface area contributed by atoms with Crippen molar-refractivity contribution >= 4 is 45.1 Å². The number of H-pyrrole nitrogens is 1. The van der Waals surface area contributed by atoms with Gasteiger partial charge in [0.15, 0.2) is 0 Å². The molecule has 3 rings (SSSR count). The standard InChI is InChI=1S/C19H14BrClN4O5/c1-2-10-7-11(20)3-6-16(10)24-18(27)13(17(26)23-19(24)28)9-22-15-8-12(25(29)30)4-5-14(15)21/h3-9,27H,2H2,1H3,(H,23,26,28). The number of aliphatic imine (C=N–C) groups is 1. The minimum atomic E-state index is -0.866. The molecule has 2 N–H and O–H groups in total. The predicted octanol–water partition coefficient (Wildman–Crippen LogP) is 3.87. The summed E-state index contributed by atoms with van der Waals surface area (Å²) in [5, 5.41) is 21.7. The first-order valence-corrected chi connectivity index (χ1v) is 9.75. The first-order valence-electron chi connectivity index (χ1n) is 8.58. The minimum absolute atomic E-state index is 0.0281. The number of aryl methyl sites for hydroxylation is 1. The third kappa shape index (κ3) is 4.19. The predicted molar refractivity (Wildman–Crippen MR) is 117 cm³/mol. The summed E-state index contributed by atoms with van der Waals surface area (Å²) in [6.07, 6.45) is 1.56. The Morgan fingerprint density at radius 3 is 2.70 bits per heavy atom. The molecule has 0 saturated carbocycles. The Morgan fingerprint density at radius 2 is 2.03 bits per heavy atom. The number of aromatic hydroxyl groups is 1. The van der Waals surface area contributed by atoms with Crippen LogP contribution in [-0.2, 0) is 6.42 Å². The van der Waals surface area contributed by atoms with E-state index < -0.39 is 22.1 Å². The number of benzene rings is 2. The number of hydrogen-bond donors (Lipinski definition) is 2. The molecule has 0 fully saturated rings. The first kappa shape index (κ1) is 21.5. The van der Waals surface area contributed by atoms with E-state index >= 15 is 0 Å². The van der Waals surface area contributed by atoms with E-state index in [-0.39, 0.29) is 22.0 Å². The van der Waals surface area contributed by atoms with Gasteiger partial charge in [0.1, 0.15) is 5.56 Å². The number of non-ortho nitro benzene ring substituents is 1. The van der Waals surface area contributed by atoms with Gasteiger partial charge in [-0.2, -0.15) is 0 Å². The lowest BCUT2D eigenvalue weighted by molar-refractivity contribution is -0.384. The summed E-state index contributed by atoms with van der Waals surface area (Å²) in [5.74, 6) is -0.619. The smallest absolute Gasteiger partial charge is 0.335 e. The number of aromatic nitrogens is 2. The van der Waals surface area contributed by atoms with E-state index in [1.165, 1.54) is 12.1 Å². The molecule has 0 unspecified atom stereocenters. The van der Waals surface area contributed by atoms with Crippen molar-refractivity contribution in [3.8, 4) is 11.6 Å². The van der Waals surface area contributed by atoms with Gasteiger partial charge in [0.2, 0.25) is 5.88 Å². The zero-order chi connectivity index (χ0) is 22.0. The van der Waals surface area contributed by atoms with Crippen LogP contribution in [0.2, 0.25) is 5.02 Å². The molecule has 1 heterocycles. The van der Waals surface area contributed by atoms with Crippen molar-refractivity contribution < 1.29 is 10.0 Å². The maximum absolute atomic E-state index is 12.4. The van der Waals surface area contributed by atoms with Gasteiger partial charge >= 0.3 is 5.69 Å². The van der Waals surface area contributed by atoms with Crippen molar-refractivity contribution in [2.45, 2.75) is 13.3 Å². The van der Waals surface area contributed by atoms with Crippen molar-refractivity contribution in [3.63, 3.8) is 0 Å². The number of rotatable bonds is 5. The molecule has 0 aliphatic carbocycles. The Hall–Kier alpha value is -3.24. The van der Waals surface area contributed by atoms with Crippen LogP contribution in [0, 0.1) is 10.1 Å². The molecule has 1 aromatic heterocycles. The van der Waals surface area contributed by atoms with Crippen molar-refractivity contribution in [2.75, 3.05) is 0 Å². The van der Waals surface area contributed by atoms with Gasteiger partial charge in [-0.3, -0.25) is 24.9 Å². The molecule has 9 nitrogen and oxygen atoms in total. The van der Waals surface area contributed by atoms with Crippen LogP contribution in [0.4, 0.5) is 11.4 Å². The summed E-state index contributed by atoms with van der Waals surface area (Å²) in [4.78, 5) is 41.1. The Morgan fingerprint density at radius 1 is 1.30 bits per heavy atom. The lowest BCUT2D eigenvalue weighted by Crippen LogP contribution is -2.31. The van der Waals surface area contributed by atoms with Gasteiger partial charge in [-0.05, 0) is 36.2 Å². The summed E-state index contributed by atoms with van der Waals surface area (Å²) in [6.45, 7) is 1.88. The number of nitro benzene ring substituents is 1. The summed E-state index contributed by atoms with van der Waals surface area (Å²) in [5.41, 5.74) is -1.06. The van der Waals surface area contributed by atoms with Gasteiger partial charge in [-0.25, -0.2) is 9.36 Å². The van der Waals surface area contributed by atoms with Crippen molar-refractivity contribution in [2.24, 2.45) is 4.99 Å². The molecular formula is C19H14BrClN4O5. The minimum Gasteiger partial charge on any atom is -0.493 e. The van der Waals surface area contributed by atoms with E-state index in [0.29, 0.717) is 12.1 Å². The fraction of sp³-hybridized carbons (Fsp3) is 0.105. The van der Waals surface area contributed by atoms with Crippen molar-refractivity contribution in [3.05, 3.63) is 88.0 Å². The molecule has 0 saturated heterocycles. The van der Waals surface area contributed by atoms with E-state index in [2.05, 4.69) is 25.9 Å². The van der Waals surface area contributed by atoms with E-state index in [1.54, 1.807) is 18.2 Å². The van der Waals surface area contributed by atoms with Gasteiger partial charge in [0, 0.05) is 22.8 Å². The number of nitro groups is 1. The highest BCUT2D eigenvalue weighted by Gasteiger charge is 2.17. The zero-order valence-electron chi connectivity index (χ0n) is 15.4. The summed E-state index contributed by atoms with van der Waals surface area (Å²) >= 11 is 9.37. The Bertz CT molecular complexity index is 1300. The molecule has 0 radical (unpaired) electrons. The Kier molecular flexibility index (Phi) is 6.18. The van der Waals surface area contributed by atoms with Gasteiger partial charge in [-0.15, -0.1) is 0 Å². The Balaban J connectivity index is 2.17. The summed E-state index contributed by atoms with van der Waals surface area (Å²) < 4.78 is 1.76. The highest BCUT2D eigenvalue weighted by molar-refractivity contribution is 9.10. The highest BCUT2D eigenvalue weighted by Crippen LogP contribution is 2.29. The normalized spacial score (nSPS) is 11.2. The van der Waals surface area contributed by atoms with Gasteiger partial charge in [-0.1, -0.05) is 34.5 Å². The molecule has 3 aromatic rings. The average Bonchev–Trinajstić information content (AvgIpc) is 2.69. The number of nitrogens with one attached hydrogen (secondary N) is 1. The van der Waals surface area contributed by atoms with Gasteiger partial charge < -0.3 is 5.11 Å². The van der Waals surface area contributed by atoms with E-state index in [0.717, 1.165) is 26.9 Å². The van der Waals surface area contributed by atoms with Crippen LogP contribution in [0.3, 0.4) is 0 Å². The van der Waals surface area contributed by atoms with Gasteiger partial charge in [0.05, 0.1) is 21.3 Å². The topological polar surface area (TPSA) is 131 Å². The molecule has 0 atom stereocenters. The van der Waals surface area contributed by atoms with E-state index in [4.69, 9.17) is 11.6 Å². The fourth-order valence-corrected chi connectivity index (χ4v) is 3.36. The molecule has 11 heteroatoms. The molecule has 0 spiro atoms. The maximum Gasteiger partial charge on any atom is 0.335 e. The monoisotopic (exact) mass is 492 g/mol. The summed E-state index contributed by atoms with van der Waals surface area (Å²) in [7, 11) is 0. The second kappa shape index (κ2) is 8.64. The lowest BCUT2D eigenvalue weighted by atomic mass is 10.1. The molecule has 0 aliphatic rings. The zero-order valence-corrected chi connectivity index (χ0v) is 17.8. The van der Waals surface area contributed by atoms with Crippen LogP contribution in [0.25, 0.3) is 5.69 Å². The quantitative estimate of drug-likeness (QED) is 0.316. The second-order valence-electron chi connectivity index (χ2n) is 6.11. The van der Waals surface area contributed by atoms with Crippen molar-refractivity contribution in [1.29, 1.82) is 0 Å². The molecule has 2 aromatic carbocycles. The second-order valence-corrected chi connectivity index (χ2v) is 7.43. The van der Waals surface area contributed by atoms with Crippen LogP contribution < -0.4 is 11.2 Å². The first-order chi connectivity index (χ1) is 14.2. The SMILES string of the molecule is CCc1cc(Br)ccc1-n1c(O)c(C=Nc2cc([N+](=O)[O-])ccc2Cl)c(=O)[nH]c1=O. The van der Waals surface area contributed by atoms with Crippen LogP contribution in [0.5, 0.6) is 5.88 Å². The number of halogens is 2. The van der Waals surface area contributed by atoms with E-state index in [1.807, 2.05) is 6.92 Å². The maximum atomic E-state index is 12.4.